The number of halogens is 1. The number of nitrogens with zero attached hydrogens (tertiary/aromatic N) is 1. The molecule has 2 aromatic carbocycles. The first kappa shape index (κ1) is 14.5. The Morgan fingerprint density at radius 1 is 1.29 bits per heavy atom. The van der Waals surface area contributed by atoms with Gasteiger partial charge in [-0.1, -0.05) is 12.1 Å². The minimum absolute atomic E-state index is 0.281. The van der Waals surface area contributed by atoms with Crippen LogP contribution in [0.4, 0.5) is 10.1 Å². The predicted octanol–water partition coefficient (Wildman–Crippen LogP) is 3.10. The fourth-order valence-electron chi connectivity index (χ4n) is 1.71. The molecule has 4 nitrogen and oxygen atoms in total. The molecule has 0 spiro atoms. The number of amides is 1. The number of nitriles is 1. The topological polar surface area (TPSA) is 62.1 Å². The fraction of sp³-hybridized carbons (Fsp3) is 0.125. The lowest BCUT2D eigenvalue weighted by Crippen LogP contribution is -2.30. The lowest BCUT2D eigenvalue weighted by molar-refractivity contribution is -0.122. The Hall–Kier alpha value is -2.87. The van der Waals surface area contributed by atoms with Crippen LogP contribution < -0.4 is 10.1 Å². The Labute approximate surface area is 121 Å². The second-order valence-electron chi connectivity index (χ2n) is 4.40. The monoisotopic (exact) mass is 284 g/mol. The molecule has 1 atom stereocenters. The van der Waals surface area contributed by atoms with Crippen molar-refractivity contribution in [3.63, 3.8) is 0 Å². The average molecular weight is 284 g/mol. The normalized spacial score (nSPS) is 11.3. The van der Waals surface area contributed by atoms with E-state index in [1.807, 2.05) is 6.07 Å². The van der Waals surface area contributed by atoms with E-state index in [0.717, 1.165) is 0 Å². The molecule has 106 valence electrons. The van der Waals surface area contributed by atoms with Crippen molar-refractivity contribution in [2.75, 3.05) is 5.32 Å². The molecular weight excluding hydrogens is 271 g/mol. The van der Waals surface area contributed by atoms with Crippen molar-refractivity contribution >= 4 is 11.6 Å². The number of rotatable bonds is 4. The molecule has 21 heavy (non-hydrogen) atoms. The summed E-state index contributed by atoms with van der Waals surface area (Å²) in [5.41, 5.74) is 0.959. The van der Waals surface area contributed by atoms with Gasteiger partial charge < -0.3 is 10.1 Å². The zero-order valence-electron chi connectivity index (χ0n) is 11.3. The van der Waals surface area contributed by atoms with Crippen LogP contribution in [0, 0.1) is 17.1 Å². The van der Waals surface area contributed by atoms with E-state index in [4.69, 9.17) is 10.00 Å². The molecule has 1 N–H and O–H groups in total. The molecule has 5 heteroatoms. The average Bonchev–Trinajstić information content (AvgIpc) is 2.47. The molecule has 0 aromatic heterocycles. The summed E-state index contributed by atoms with van der Waals surface area (Å²) in [5.74, 6) is -0.528. The Balaban J connectivity index is 2.01. The summed E-state index contributed by atoms with van der Waals surface area (Å²) in [7, 11) is 0. The number of hydrogen-bond donors (Lipinski definition) is 1. The summed E-state index contributed by atoms with van der Waals surface area (Å²) in [6.07, 6.45) is -0.794. The molecule has 0 bridgehead atoms. The van der Waals surface area contributed by atoms with Crippen molar-refractivity contribution in [2.45, 2.75) is 13.0 Å². The summed E-state index contributed by atoms with van der Waals surface area (Å²) in [6.45, 7) is 1.56. The van der Waals surface area contributed by atoms with Crippen LogP contribution in [0.5, 0.6) is 5.75 Å². The Kier molecular flexibility index (Phi) is 4.52. The van der Waals surface area contributed by atoms with E-state index >= 15 is 0 Å². The Bertz CT molecular complexity index is 695. The molecule has 2 rings (SSSR count). The van der Waals surface area contributed by atoms with Gasteiger partial charge in [-0.15, -0.1) is 0 Å². The second-order valence-corrected chi connectivity index (χ2v) is 4.40. The van der Waals surface area contributed by atoms with Crippen LogP contribution in [0.15, 0.2) is 48.5 Å². The van der Waals surface area contributed by atoms with Gasteiger partial charge in [-0.25, -0.2) is 4.39 Å². The van der Waals surface area contributed by atoms with Crippen LogP contribution in [-0.2, 0) is 4.79 Å². The summed E-state index contributed by atoms with van der Waals surface area (Å²) in [6, 6.07) is 14.1. The first-order chi connectivity index (χ1) is 10.1. The van der Waals surface area contributed by atoms with E-state index in [0.29, 0.717) is 11.3 Å². The van der Waals surface area contributed by atoms with Gasteiger partial charge in [0.15, 0.2) is 6.10 Å². The van der Waals surface area contributed by atoms with E-state index in [9.17, 15) is 9.18 Å². The van der Waals surface area contributed by atoms with Crippen LogP contribution in [0.3, 0.4) is 0 Å². The maximum absolute atomic E-state index is 13.0. The standard InChI is InChI=1S/C16H13FN2O2/c1-11(21-15-7-3-5-13(17)9-15)16(20)19-14-6-2-4-12(8-14)10-18/h2-9,11H,1H3,(H,19,20)/t11-/m0/s1. The summed E-state index contributed by atoms with van der Waals surface area (Å²) < 4.78 is 18.4. The summed E-state index contributed by atoms with van der Waals surface area (Å²) in [5, 5.41) is 11.4. The SMILES string of the molecule is C[C@H](Oc1cccc(F)c1)C(=O)Nc1cccc(C#N)c1. The van der Waals surface area contributed by atoms with Crippen molar-refractivity contribution in [1.82, 2.24) is 0 Å². The van der Waals surface area contributed by atoms with Gasteiger partial charge in [0.1, 0.15) is 11.6 Å². The maximum atomic E-state index is 13.0. The van der Waals surface area contributed by atoms with Gasteiger partial charge in [-0.2, -0.15) is 5.26 Å². The van der Waals surface area contributed by atoms with Gasteiger partial charge in [0, 0.05) is 11.8 Å². The predicted molar refractivity (Wildman–Crippen MR) is 76.3 cm³/mol. The maximum Gasteiger partial charge on any atom is 0.265 e. The molecule has 0 saturated heterocycles. The molecule has 0 aliphatic heterocycles. The van der Waals surface area contributed by atoms with E-state index in [-0.39, 0.29) is 11.7 Å². The zero-order chi connectivity index (χ0) is 15.2. The smallest absolute Gasteiger partial charge is 0.265 e. The minimum Gasteiger partial charge on any atom is -0.481 e. The van der Waals surface area contributed by atoms with Crippen LogP contribution in [0.1, 0.15) is 12.5 Å². The van der Waals surface area contributed by atoms with Crippen LogP contribution in [0.25, 0.3) is 0 Å². The van der Waals surface area contributed by atoms with Gasteiger partial charge in [-0.3, -0.25) is 4.79 Å². The quantitative estimate of drug-likeness (QED) is 0.938. The molecule has 2 aromatic rings. The van der Waals surface area contributed by atoms with Gasteiger partial charge in [0.05, 0.1) is 11.6 Å². The fourth-order valence-corrected chi connectivity index (χ4v) is 1.71. The van der Waals surface area contributed by atoms with E-state index in [1.54, 1.807) is 37.3 Å². The van der Waals surface area contributed by atoms with Crippen LogP contribution >= 0.6 is 0 Å². The van der Waals surface area contributed by atoms with Crippen LogP contribution in [0.2, 0.25) is 0 Å². The molecule has 0 aliphatic carbocycles. The number of nitrogens with one attached hydrogen (secondary N) is 1. The Morgan fingerprint density at radius 3 is 2.76 bits per heavy atom. The molecular formula is C16H13FN2O2. The van der Waals surface area contributed by atoms with Gasteiger partial charge >= 0.3 is 0 Å². The van der Waals surface area contributed by atoms with Crippen molar-refractivity contribution in [3.8, 4) is 11.8 Å². The van der Waals surface area contributed by atoms with Crippen LogP contribution in [-0.4, -0.2) is 12.0 Å². The van der Waals surface area contributed by atoms with Crippen molar-refractivity contribution in [3.05, 3.63) is 59.9 Å². The number of ether oxygens (including phenoxy) is 1. The Morgan fingerprint density at radius 2 is 2.05 bits per heavy atom. The highest BCUT2D eigenvalue weighted by Gasteiger charge is 2.15. The molecule has 1 amide bonds. The van der Waals surface area contributed by atoms with Crippen molar-refractivity contribution in [1.29, 1.82) is 5.26 Å². The first-order valence-electron chi connectivity index (χ1n) is 6.32. The van der Waals surface area contributed by atoms with E-state index < -0.39 is 11.9 Å². The summed E-state index contributed by atoms with van der Waals surface area (Å²) >= 11 is 0. The van der Waals surface area contributed by atoms with Crippen molar-refractivity contribution in [2.24, 2.45) is 0 Å². The number of hydrogen-bond acceptors (Lipinski definition) is 3. The van der Waals surface area contributed by atoms with Gasteiger partial charge in [-0.05, 0) is 37.3 Å². The first-order valence-corrected chi connectivity index (χ1v) is 6.32. The number of anilines is 1. The molecule has 0 saturated carbocycles. The van der Waals surface area contributed by atoms with Gasteiger partial charge in [0.2, 0.25) is 0 Å². The number of carbonyl (C=O) groups excluding carboxylic acids is 1. The largest absolute Gasteiger partial charge is 0.481 e. The number of benzene rings is 2. The molecule has 0 radical (unpaired) electrons. The molecule has 0 unspecified atom stereocenters. The highest BCUT2D eigenvalue weighted by atomic mass is 19.1. The third-order valence-corrected chi connectivity index (χ3v) is 2.74. The van der Waals surface area contributed by atoms with E-state index in [2.05, 4.69) is 5.32 Å². The lowest BCUT2D eigenvalue weighted by Gasteiger charge is -2.14. The zero-order valence-corrected chi connectivity index (χ0v) is 11.3. The lowest BCUT2D eigenvalue weighted by atomic mass is 10.2. The third-order valence-electron chi connectivity index (χ3n) is 2.74. The molecule has 0 aliphatic rings. The van der Waals surface area contributed by atoms with Gasteiger partial charge in [0.25, 0.3) is 5.91 Å². The number of carbonyl (C=O) groups is 1. The summed E-state index contributed by atoms with van der Waals surface area (Å²) in [4.78, 5) is 12.0. The third kappa shape index (κ3) is 4.05. The molecule has 0 fully saturated rings. The van der Waals surface area contributed by atoms with E-state index in [1.165, 1.54) is 18.2 Å². The highest BCUT2D eigenvalue weighted by Crippen LogP contribution is 2.15. The second kappa shape index (κ2) is 6.53. The van der Waals surface area contributed by atoms with Crippen molar-refractivity contribution < 1.29 is 13.9 Å². The minimum atomic E-state index is -0.794. The highest BCUT2D eigenvalue weighted by molar-refractivity contribution is 5.94. The molecule has 0 heterocycles.